The second-order valence-electron chi connectivity index (χ2n) is 5.05. The zero-order valence-corrected chi connectivity index (χ0v) is 12.9. The lowest BCUT2D eigenvalue weighted by Gasteiger charge is -1.97. The third kappa shape index (κ3) is 16.7. The van der Waals surface area contributed by atoms with Crippen molar-refractivity contribution in [3.8, 4) is 0 Å². The summed E-state index contributed by atoms with van der Waals surface area (Å²) < 4.78 is 0. The summed E-state index contributed by atoms with van der Waals surface area (Å²) in [7, 11) is 0. The molecule has 0 aliphatic carbocycles. The van der Waals surface area contributed by atoms with E-state index in [1.807, 2.05) is 0 Å². The quantitative estimate of drug-likeness (QED) is 0.268. The Morgan fingerprint density at radius 2 is 1.55 bits per heavy atom. The fraction of sp³-hybridized carbons (Fsp3) is 0.611. The molecule has 0 heterocycles. The number of unbranched alkanes of at least 4 members (excludes halogenated alkanes) is 6. The van der Waals surface area contributed by atoms with E-state index in [1.54, 1.807) is 0 Å². The maximum absolute atomic E-state index is 10.3. The van der Waals surface area contributed by atoms with Crippen LogP contribution in [0.3, 0.4) is 0 Å². The predicted molar refractivity (Wildman–Crippen MR) is 86.9 cm³/mol. The smallest absolute Gasteiger partial charge is 0.303 e. The predicted octanol–water partition coefficient (Wildman–Crippen LogP) is 5.66. The van der Waals surface area contributed by atoms with Crippen LogP contribution in [0.5, 0.6) is 0 Å². The van der Waals surface area contributed by atoms with Crippen LogP contribution < -0.4 is 0 Å². The van der Waals surface area contributed by atoms with Crippen LogP contribution in [-0.4, -0.2) is 11.1 Å². The van der Waals surface area contributed by atoms with Crippen molar-refractivity contribution in [3.63, 3.8) is 0 Å². The van der Waals surface area contributed by atoms with Gasteiger partial charge >= 0.3 is 5.97 Å². The van der Waals surface area contributed by atoms with Gasteiger partial charge in [-0.05, 0) is 32.1 Å². The molecule has 0 aromatic rings. The minimum Gasteiger partial charge on any atom is -0.481 e. The molecule has 0 atom stereocenters. The number of allylic oxidation sites excluding steroid dienone is 6. The first-order valence-electron chi connectivity index (χ1n) is 7.95. The van der Waals surface area contributed by atoms with Gasteiger partial charge in [-0.15, -0.1) is 0 Å². The van der Waals surface area contributed by atoms with Crippen molar-refractivity contribution < 1.29 is 9.90 Å². The molecule has 20 heavy (non-hydrogen) atoms. The molecule has 0 saturated heterocycles. The van der Waals surface area contributed by atoms with Gasteiger partial charge in [0.15, 0.2) is 0 Å². The molecule has 0 spiro atoms. The maximum Gasteiger partial charge on any atom is 0.303 e. The number of aliphatic carboxylic acids is 1. The standard InChI is InChI=1S/C18H30O2/c1-2-3-4-5-6-7-8-9-10-11-12-13-14-15-16-17-18(19)20/h4-5,7-10H,2-3,6,11-17H2,1H3,(H,19,20)/b5-4+,8-7+,10-9+. The molecule has 1 N–H and O–H groups in total. The van der Waals surface area contributed by atoms with Crippen LogP contribution in [0.15, 0.2) is 36.5 Å². The Labute approximate surface area is 124 Å². The maximum atomic E-state index is 10.3. The number of hydrogen-bond acceptors (Lipinski definition) is 1. The van der Waals surface area contributed by atoms with Crippen molar-refractivity contribution in [2.75, 3.05) is 0 Å². The second kappa shape index (κ2) is 15.7. The Morgan fingerprint density at radius 1 is 0.850 bits per heavy atom. The van der Waals surface area contributed by atoms with E-state index in [2.05, 4.69) is 43.4 Å². The average Bonchev–Trinajstić information content (AvgIpc) is 2.43. The minimum absolute atomic E-state index is 0.317. The van der Waals surface area contributed by atoms with Gasteiger partial charge in [-0.2, -0.15) is 0 Å². The van der Waals surface area contributed by atoms with Crippen LogP contribution in [0.25, 0.3) is 0 Å². The van der Waals surface area contributed by atoms with Gasteiger partial charge < -0.3 is 5.11 Å². The molecular weight excluding hydrogens is 248 g/mol. The van der Waals surface area contributed by atoms with E-state index in [-0.39, 0.29) is 0 Å². The highest BCUT2D eigenvalue weighted by molar-refractivity contribution is 5.66. The fourth-order valence-electron chi connectivity index (χ4n) is 1.86. The summed E-state index contributed by atoms with van der Waals surface area (Å²) in [5, 5.41) is 8.50. The van der Waals surface area contributed by atoms with Gasteiger partial charge in [0.1, 0.15) is 0 Å². The van der Waals surface area contributed by atoms with Crippen LogP contribution in [0, 0.1) is 0 Å². The van der Waals surface area contributed by atoms with Crippen molar-refractivity contribution in [3.05, 3.63) is 36.5 Å². The van der Waals surface area contributed by atoms with Crippen molar-refractivity contribution in [1.82, 2.24) is 0 Å². The molecule has 0 radical (unpaired) electrons. The Bertz CT molecular complexity index is 301. The largest absolute Gasteiger partial charge is 0.481 e. The zero-order chi connectivity index (χ0) is 14.9. The van der Waals surface area contributed by atoms with Crippen LogP contribution in [0.2, 0.25) is 0 Å². The monoisotopic (exact) mass is 278 g/mol. The van der Waals surface area contributed by atoms with Gasteiger partial charge in [-0.1, -0.05) is 69.1 Å². The van der Waals surface area contributed by atoms with Crippen molar-refractivity contribution in [2.45, 2.75) is 71.1 Å². The molecule has 0 aromatic heterocycles. The van der Waals surface area contributed by atoms with Crippen molar-refractivity contribution >= 4 is 5.97 Å². The molecule has 114 valence electrons. The molecule has 0 saturated carbocycles. The van der Waals surface area contributed by atoms with E-state index < -0.39 is 5.97 Å². The molecule has 0 aromatic carbocycles. The Kier molecular flexibility index (Phi) is 14.7. The molecule has 0 unspecified atom stereocenters. The summed E-state index contributed by atoms with van der Waals surface area (Å²) in [6, 6.07) is 0. The van der Waals surface area contributed by atoms with Gasteiger partial charge in [0.25, 0.3) is 0 Å². The fourth-order valence-corrected chi connectivity index (χ4v) is 1.86. The van der Waals surface area contributed by atoms with Crippen molar-refractivity contribution in [2.24, 2.45) is 0 Å². The molecule has 0 rings (SSSR count). The summed E-state index contributed by atoms with van der Waals surface area (Å²) in [6.45, 7) is 2.19. The van der Waals surface area contributed by atoms with Gasteiger partial charge in [0.2, 0.25) is 0 Å². The van der Waals surface area contributed by atoms with E-state index in [0.717, 1.165) is 32.1 Å². The zero-order valence-electron chi connectivity index (χ0n) is 12.9. The van der Waals surface area contributed by atoms with Crippen LogP contribution in [-0.2, 0) is 4.79 Å². The number of carboxylic acids is 1. The molecule has 2 nitrogen and oxygen atoms in total. The molecule has 2 heteroatoms. The van der Waals surface area contributed by atoms with Crippen molar-refractivity contribution in [1.29, 1.82) is 0 Å². The Hall–Kier alpha value is -1.31. The summed E-state index contributed by atoms with van der Waals surface area (Å²) in [6.07, 6.45) is 23.3. The van der Waals surface area contributed by atoms with Gasteiger partial charge in [-0.25, -0.2) is 0 Å². The van der Waals surface area contributed by atoms with Crippen LogP contribution >= 0.6 is 0 Å². The minimum atomic E-state index is -0.677. The first-order chi connectivity index (χ1) is 9.77. The van der Waals surface area contributed by atoms with E-state index in [4.69, 9.17) is 5.11 Å². The highest BCUT2D eigenvalue weighted by Gasteiger charge is 1.95. The molecular formula is C18H30O2. The number of carboxylic acid groups (broad SMARTS) is 1. The lowest BCUT2D eigenvalue weighted by molar-refractivity contribution is -0.137. The third-order valence-electron chi connectivity index (χ3n) is 3.04. The summed E-state index contributed by atoms with van der Waals surface area (Å²) >= 11 is 0. The summed E-state index contributed by atoms with van der Waals surface area (Å²) in [4.78, 5) is 10.3. The Morgan fingerprint density at radius 3 is 2.30 bits per heavy atom. The highest BCUT2D eigenvalue weighted by Crippen LogP contribution is 2.07. The lowest BCUT2D eigenvalue weighted by Crippen LogP contribution is -1.93. The third-order valence-corrected chi connectivity index (χ3v) is 3.04. The number of hydrogen-bond donors (Lipinski definition) is 1. The average molecular weight is 278 g/mol. The molecule has 0 aliphatic heterocycles. The molecule has 0 fully saturated rings. The van der Waals surface area contributed by atoms with Gasteiger partial charge in [-0.3, -0.25) is 4.79 Å². The Balaban J connectivity index is 3.27. The SMILES string of the molecule is CCC/C=C/C/C=C/C=C/CCCCCCCC(=O)O. The summed E-state index contributed by atoms with van der Waals surface area (Å²) in [5.74, 6) is -0.677. The number of carbonyl (C=O) groups is 1. The highest BCUT2D eigenvalue weighted by atomic mass is 16.4. The van der Waals surface area contributed by atoms with Crippen LogP contribution in [0.1, 0.15) is 71.1 Å². The van der Waals surface area contributed by atoms with E-state index in [1.165, 1.54) is 25.7 Å². The first kappa shape index (κ1) is 18.7. The second-order valence-corrected chi connectivity index (χ2v) is 5.05. The van der Waals surface area contributed by atoms with Gasteiger partial charge in [0.05, 0.1) is 0 Å². The molecule has 0 aliphatic rings. The van der Waals surface area contributed by atoms with Gasteiger partial charge in [0, 0.05) is 6.42 Å². The normalized spacial score (nSPS) is 12.1. The lowest BCUT2D eigenvalue weighted by atomic mass is 10.1. The molecule has 0 bridgehead atoms. The number of rotatable bonds is 13. The first-order valence-corrected chi connectivity index (χ1v) is 7.95. The van der Waals surface area contributed by atoms with Crippen LogP contribution in [0.4, 0.5) is 0 Å². The topological polar surface area (TPSA) is 37.3 Å². The van der Waals surface area contributed by atoms with E-state index >= 15 is 0 Å². The summed E-state index contributed by atoms with van der Waals surface area (Å²) in [5.41, 5.74) is 0. The van der Waals surface area contributed by atoms with E-state index in [9.17, 15) is 4.79 Å². The molecule has 0 amide bonds. The van der Waals surface area contributed by atoms with E-state index in [0.29, 0.717) is 6.42 Å².